The van der Waals surface area contributed by atoms with Crippen molar-refractivity contribution in [3.8, 4) is 11.5 Å². The zero-order valence-electron chi connectivity index (χ0n) is 25.0. The Hall–Kier alpha value is -3.22. The molecule has 0 bridgehead atoms. The molecule has 0 radical (unpaired) electrons. The predicted molar refractivity (Wildman–Crippen MR) is 185 cm³/mol. The van der Waals surface area contributed by atoms with Gasteiger partial charge in [-0.2, -0.15) is 0 Å². The van der Waals surface area contributed by atoms with Gasteiger partial charge in [0.2, 0.25) is 0 Å². The van der Waals surface area contributed by atoms with E-state index >= 15 is 0 Å². The zero-order valence-corrected chi connectivity index (χ0v) is 29.6. The van der Waals surface area contributed by atoms with Crippen molar-refractivity contribution in [2.75, 3.05) is 6.61 Å². The number of benzene rings is 3. The fourth-order valence-corrected chi connectivity index (χ4v) is 7.88. The Morgan fingerprint density at radius 2 is 1.91 bits per heavy atom. The molecule has 228 valence electrons. The molecule has 1 aromatic heterocycles. The maximum absolute atomic E-state index is 14.1. The molecular formula is C34H32BrIN2O5S. The van der Waals surface area contributed by atoms with Gasteiger partial charge in [-0.05, 0) is 109 Å². The van der Waals surface area contributed by atoms with E-state index in [1.54, 1.807) is 18.4 Å². The topological polar surface area (TPSA) is 79.1 Å². The number of aromatic nitrogens is 1. The van der Waals surface area contributed by atoms with Crippen molar-refractivity contribution in [3.63, 3.8) is 0 Å². The third-order valence-corrected chi connectivity index (χ3v) is 9.25. The lowest BCUT2D eigenvalue weighted by molar-refractivity contribution is -0.139. The van der Waals surface area contributed by atoms with Gasteiger partial charge < -0.3 is 14.2 Å². The van der Waals surface area contributed by atoms with Crippen molar-refractivity contribution >= 4 is 61.9 Å². The molecule has 1 aliphatic rings. The molecule has 2 heterocycles. The highest BCUT2D eigenvalue weighted by Crippen LogP contribution is 2.36. The summed E-state index contributed by atoms with van der Waals surface area (Å²) in [6.45, 7) is 10.1. The van der Waals surface area contributed by atoms with E-state index in [4.69, 9.17) is 19.2 Å². The number of nitrogens with zero attached hydrogens (tertiary/aromatic N) is 2. The van der Waals surface area contributed by atoms with Crippen molar-refractivity contribution < 1.29 is 19.0 Å². The summed E-state index contributed by atoms with van der Waals surface area (Å²) in [4.78, 5) is 32.6. The molecule has 5 rings (SSSR count). The number of rotatable bonds is 9. The molecule has 44 heavy (non-hydrogen) atoms. The minimum Gasteiger partial charge on any atom is -0.491 e. The second kappa shape index (κ2) is 13.8. The van der Waals surface area contributed by atoms with Gasteiger partial charge in [-0.15, -0.1) is 0 Å². The van der Waals surface area contributed by atoms with Crippen LogP contribution in [-0.4, -0.2) is 23.2 Å². The summed E-state index contributed by atoms with van der Waals surface area (Å²) in [5.41, 5.74) is 4.36. The van der Waals surface area contributed by atoms with E-state index in [2.05, 4.69) is 57.6 Å². The van der Waals surface area contributed by atoms with E-state index in [1.807, 2.05) is 68.5 Å². The number of carbonyl (C=O) groups is 1. The SMILES string of the molecule is CCOC(=O)C1=C(C)N=c2s/c(=C/c3cc(Br)c(OCc4cccc(C)c4)c(I)c3)c(=O)n2[C@H]1c1ccccc1OC(C)C. The van der Waals surface area contributed by atoms with E-state index in [1.165, 1.54) is 16.9 Å². The molecule has 4 aromatic rings. The van der Waals surface area contributed by atoms with Crippen LogP contribution in [0.2, 0.25) is 0 Å². The van der Waals surface area contributed by atoms with Gasteiger partial charge in [-0.3, -0.25) is 9.36 Å². The molecule has 3 aromatic carbocycles. The Labute approximate surface area is 282 Å². The number of para-hydroxylation sites is 1. The molecule has 0 unspecified atom stereocenters. The number of allylic oxidation sites excluding steroid dienone is 1. The van der Waals surface area contributed by atoms with Crippen LogP contribution >= 0.6 is 49.9 Å². The summed E-state index contributed by atoms with van der Waals surface area (Å²) in [6.07, 6.45) is 1.74. The average Bonchev–Trinajstić information content (AvgIpc) is 3.26. The first-order valence-electron chi connectivity index (χ1n) is 14.2. The fraction of sp³-hybridized carbons (Fsp3) is 0.265. The normalized spacial score (nSPS) is 14.8. The van der Waals surface area contributed by atoms with Crippen LogP contribution in [0.5, 0.6) is 11.5 Å². The van der Waals surface area contributed by atoms with Crippen LogP contribution in [0.25, 0.3) is 6.08 Å². The Bertz CT molecular complexity index is 1920. The minimum absolute atomic E-state index is 0.104. The Morgan fingerprint density at radius 3 is 2.61 bits per heavy atom. The van der Waals surface area contributed by atoms with Gasteiger partial charge in [0.1, 0.15) is 24.1 Å². The smallest absolute Gasteiger partial charge is 0.338 e. The number of carbonyl (C=O) groups excluding carboxylic acids is 1. The number of fused-ring (bicyclic) bond motifs is 1. The molecule has 0 fully saturated rings. The second-order valence-corrected chi connectivity index (χ2v) is 13.6. The van der Waals surface area contributed by atoms with Crippen LogP contribution < -0.4 is 24.4 Å². The van der Waals surface area contributed by atoms with Crippen LogP contribution in [0.15, 0.2) is 86.2 Å². The first-order valence-corrected chi connectivity index (χ1v) is 16.9. The molecule has 1 aliphatic heterocycles. The molecule has 0 N–H and O–H groups in total. The molecule has 0 spiro atoms. The summed E-state index contributed by atoms with van der Waals surface area (Å²) in [7, 11) is 0. The molecule has 0 saturated carbocycles. The van der Waals surface area contributed by atoms with Crippen LogP contribution in [0, 0.1) is 10.5 Å². The Morgan fingerprint density at radius 1 is 1.14 bits per heavy atom. The summed E-state index contributed by atoms with van der Waals surface area (Å²) >= 11 is 7.20. The summed E-state index contributed by atoms with van der Waals surface area (Å²) in [5, 5.41) is 0. The number of hydrogen-bond acceptors (Lipinski definition) is 7. The van der Waals surface area contributed by atoms with E-state index in [0.717, 1.165) is 24.9 Å². The van der Waals surface area contributed by atoms with Crippen molar-refractivity contribution in [2.45, 2.75) is 53.4 Å². The molecule has 10 heteroatoms. The first kappa shape index (κ1) is 32.2. The lowest BCUT2D eigenvalue weighted by Crippen LogP contribution is -2.40. The van der Waals surface area contributed by atoms with Crippen molar-refractivity contribution in [1.29, 1.82) is 0 Å². The lowest BCUT2D eigenvalue weighted by atomic mass is 9.95. The van der Waals surface area contributed by atoms with Crippen LogP contribution in [0.3, 0.4) is 0 Å². The lowest BCUT2D eigenvalue weighted by Gasteiger charge is -2.26. The first-order chi connectivity index (χ1) is 21.1. The molecule has 0 amide bonds. The van der Waals surface area contributed by atoms with Crippen LogP contribution in [0.4, 0.5) is 0 Å². The minimum atomic E-state index is -0.758. The molecule has 1 atom stereocenters. The molecule has 0 saturated heterocycles. The predicted octanol–water partition coefficient (Wildman–Crippen LogP) is 6.84. The van der Waals surface area contributed by atoms with Crippen molar-refractivity contribution in [2.24, 2.45) is 4.99 Å². The summed E-state index contributed by atoms with van der Waals surface area (Å²) in [5.74, 6) is 0.826. The number of ether oxygens (including phenoxy) is 3. The van der Waals surface area contributed by atoms with Crippen LogP contribution in [0.1, 0.15) is 56.0 Å². The summed E-state index contributed by atoms with van der Waals surface area (Å²) < 4.78 is 21.5. The third-order valence-electron chi connectivity index (χ3n) is 6.88. The standard InChI is InChI=1S/C34H32BrIN2O5S/c1-6-41-33(40)29-21(5)37-34-38(30(29)24-12-7-8-13-27(24)43-19(2)3)32(39)28(44-34)17-23-15-25(35)31(26(36)16-23)42-18-22-11-9-10-20(4)14-22/h7-17,19,30H,6,18H2,1-5H3/b28-17+/t30-/m0/s1. The largest absolute Gasteiger partial charge is 0.491 e. The monoisotopic (exact) mass is 786 g/mol. The summed E-state index contributed by atoms with van der Waals surface area (Å²) in [6, 6.07) is 18.9. The van der Waals surface area contributed by atoms with Gasteiger partial charge >= 0.3 is 5.97 Å². The van der Waals surface area contributed by atoms with Gasteiger partial charge in [0.05, 0.1) is 36.6 Å². The zero-order chi connectivity index (χ0) is 31.5. The highest BCUT2D eigenvalue weighted by Gasteiger charge is 2.35. The Balaban J connectivity index is 1.59. The van der Waals surface area contributed by atoms with E-state index in [-0.39, 0.29) is 18.3 Å². The van der Waals surface area contributed by atoms with Gasteiger partial charge in [0.15, 0.2) is 4.80 Å². The number of aryl methyl sites for hydroxylation is 1. The van der Waals surface area contributed by atoms with E-state index < -0.39 is 12.0 Å². The number of halogens is 2. The van der Waals surface area contributed by atoms with E-state index in [0.29, 0.717) is 38.5 Å². The van der Waals surface area contributed by atoms with Crippen LogP contribution in [-0.2, 0) is 16.1 Å². The quantitative estimate of drug-likeness (QED) is 0.137. The number of esters is 1. The van der Waals surface area contributed by atoms with Gasteiger partial charge in [-0.1, -0.05) is 59.4 Å². The second-order valence-electron chi connectivity index (χ2n) is 10.6. The number of hydrogen-bond donors (Lipinski definition) is 0. The van der Waals surface area contributed by atoms with E-state index in [9.17, 15) is 9.59 Å². The van der Waals surface area contributed by atoms with Gasteiger partial charge in [-0.25, -0.2) is 9.79 Å². The van der Waals surface area contributed by atoms with Crippen molar-refractivity contribution in [1.82, 2.24) is 4.57 Å². The maximum Gasteiger partial charge on any atom is 0.338 e. The molecule has 7 nitrogen and oxygen atoms in total. The third kappa shape index (κ3) is 6.87. The highest BCUT2D eigenvalue weighted by molar-refractivity contribution is 14.1. The molecular weight excluding hydrogens is 755 g/mol. The maximum atomic E-state index is 14.1. The molecule has 0 aliphatic carbocycles. The highest BCUT2D eigenvalue weighted by atomic mass is 127. The number of thiazole rings is 1. The van der Waals surface area contributed by atoms with Gasteiger partial charge in [0.25, 0.3) is 5.56 Å². The van der Waals surface area contributed by atoms with Gasteiger partial charge in [0, 0.05) is 5.56 Å². The average molecular weight is 788 g/mol. The Kier molecular flexibility index (Phi) is 10.1. The fourth-order valence-electron chi connectivity index (χ4n) is 5.06. The van der Waals surface area contributed by atoms with Crippen molar-refractivity contribution in [3.05, 3.63) is 122 Å².